The molecule has 0 bridgehead atoms. The second-order valence-corrected chi connectivity index (χ2v) is 5.54. The Hall–Kier alpha value is -2.83. The summed E-state index contributed by atoms with van der Waals surface area (Å²) in [5, 5.41) is 2.72. The van der Waals surface area contributed by atoms with Crippen molar-refractivity contribution in [3.8, 4) is 11.4 Å². The SMILES string of the molecule is CCCCNC(=O)Cn1ccn(-c2ccc(OCC)cc2)c(=O)c1=O. The number of hydrogen-bond acceptors (Lipinski definition) is 4. The normalized spacial score (nSPS) is 10.5. The summed E-state index contributed by atoms with van der Waals surface area (Å²) in [6.45, 7) is 4.86. The van der Waals surface area contributed by atoms with E-state index in [9.17, 15) is 14.4 Å². The van der Waals surface area contributed by atoms with Gasteiger partial charge >= 0.3 is 11.1 Å². The van der Waals surface area contributed by atoms with E-state index in [1.807, 2.05) is 13.8 Å². The highest BCUT2D eigenvalue weighted by Crippen LogP contribution is 2.13. The zero-order valence-electron chi connectivity index (χ0n) is 14.5. The average molecular weight is 345 g/mol. The molecule has 2 aromatic rings. The summed E-state index contributed by atoms with van der Waals surface area (Å²) in [5.41, 5.74) is -0.875. The van der Waals surface area contributed by atoms with Crippen molar-refractivity contribution in [2.45, 2.75) is 33.2 Å². The van der Waals surface area contributed by atoms with Crippen LogP contribution in [0, 0.1) is 0 Å². The molecule has 2 rings (SSSR count). The van der Waals surface area contributed by atoms with Crippen LogP contribution in [0.1, 0.15) is 26.7 Å². The third kappa shape index (κ3) is 4.82. The van der Waals surface area contributed by atoms with E-state index in [1.165, 1.54) is 17.0 Å². The number of hydrogen-bond donors (Lipinski definition) is 1. The maximum absolute atomic E-state index is 12.3. The van der Waals surface area contributed by atoms with Crippen molar-refractivity contribution in [2.24, 2.45) is 0 Å². The maximum atomic E-state index is 12.3. The van der Waals surface area contributed by atoms with Crippen molar-refractivity contribution < 1.29 is 9.53 Å². The highest BCUT2D eigenvalue weighted by Gasteiger charge is 2.09. The Kier molecular flexibility index (Phi) is 6.56. The minimum absolute atomic E-state index is 0.165. The van der Waals surface area contributed by atoms with Gasteiger partial charge in [-0.3, -0.25) is 23.5 Å². The number of carbonyl (C=O) groups is 1. The first kappa shape index (κ1) is 18.5. The van der Waals surface area contributed by atoms with Gasteiger partial charge in [0.1, 0.15) is 12.3 Å². The van der Waals surface area contributed by atoms with Crippen molar-refractivity contribution in [3.63, 3.8) is 0 Å². The molecule has 0 saturated heterocycles. The Balaban J connectivity index is 2.18. The molecule has 0 atom stereocenters. The molecule has 0 unspecified atom stereocenters. The fourth-order valence-electron chi connectivity index (χ4n) is 2.32. The van der Waals surface area contributed by atoms with Gasteiger partial charge in [0.25, 0.3) is 0 Å². The largest absolute Gasteiger partial charge is 0.494 e. The van der Waals surface area contributed by atoms with E-state index < -0.39 is 11.1 Å². The summed E-state index contributed by atoms with van der Waals surface area (Å²) in [4.78, 5) is 36.3. The number of carbonyl (C=O) groups excluding carboxylic acids is 1. The second kappa shape index (κ2) is 8.86. The lowest BCUT2D eigenvalue weighted by Gasteiger charge is -2.10. The van der Waals surface area contributed by atoms with Gasteiger partial charge in [0.2, 0.25) is 5.91 Å². The van der Waals surface area contributed by atoms with E-state index in [2.05, 4.69) is 5.32 Å². The van der Waals surface area contributed by atoms with Gasteiger partial charge in [0.15, 0.2) is 0 Å². The van der Waals surface area contributed by atoms with Gasteiger partial charge in [-0.25, -0.2) is 0 Å². The first-order valence-corrected chi connectivity index (χ1v) is 8.38. The van der Waals surface area contributed by atoms with Gasteiger partial charge in [-0.05, 0) is 37.6 Å². The Labute approximate surface area is 145 Å². The van der Waals surface area contributed by atoms with Crippen LogP contribution >= 0.6 is 0 Å². The maximum Gasteiger partial charge on any atom is 0.320 e. The van der Waals surface area contributed by atoms with E-state index in [4.69, 9.17) is 4.74 Å². The number of benzene rings is 1. The molecule has 0 radical (unpaired) electrons. The zero-order chi connectivity index (χ0) is 18.2. The minimum atomic E-state index is -0.734. The standard InChI is InChI=1S/C18H23N3O4/c1-3-5-10-19-16(22)13-20-11-12-21(18(24)17(20)23)14-6-8-15(9-7-14)25-4-2/h6-9,11-12H,3-5,10,13H2,1-2H3,(H,19,22). The first-order chi connectivity index (χ1) is 12.1. The summed E-state index contributed by atoms with van der Waals surface area (Å²) in [6.07, 6.45) is 4.77. The smallest absolute Gasteiger partial charge is 0.320 e. The predicted molar refractivity (Wildman–Crippen MR) is 95.4 cm³/mol. The molecule has 0 saturated carbocycles. The van der Waals surface area contributed by atoms with Crippen molar-refractivity contribution in [2.75, 3.05) is 13.2 Å². The summed E-state index contributed by atoms with van der Waals surface area (Å²) >= 11 is 0. The Bertz CT molecular complexity index is 821. The van der Waals surface area contributed by atoms with Crippen LogP contribution in [-0.4, -0.2) is 28.2 Å². The molecule has 0 aliphatic heterocycles. The van der Waals surface area contributed by atoms with Crippen LogP contribution in [-0.2, 0) is 11.3 Å². The number of nitrogens with zero attached hydrogens (tertiary/aromatic N) is 2. The lowest BCUT2D eigenvalue weighted by atomic mass is 10.3. The highest BCUT2D eigenvalue weighted by molar-refractivity contribution is 5.75. The van der Waals surface area contributed by atoms with Gasteiger partial charge in [0.05, 0.1) is 6.61 Å². The van der Waals surface area contributed by atoms with Crippen molar-refractivity contribution in [1.82, 2.24) is 14.5 Å². The molecule has 0 fully saturated rings. The summed E-state index contributed by atoms with van der Waals surface area (Å²) in [5.74, 6) is 0.408. The molecule has 25 heavy (non-hydrogen) atoms. The van der Waals surface area contributed by atoms with Gasteiger partial charge in [0, 0.05) is 24.6 Å². The summed E-state index contributed by atoms with van der Waals surface area (Å²) < 4.78 is 7.73. The average Bonchev–Trinajstić information content (AvgIpc) is 2.61. The minimum Gasteiger partial charge on any atom is -0.494 e. The molecule has 7 heteroatoms. The number of ether oxygens (including phenoxy) is 1. The molecular weight excluding hydrogens is 322 g/mol. The molecule has 0 aliphatic carbocycles. The molecular formula is C18H23N3O4. The van der Waals surface area contributed by atoms with Gasteiger partial charge in [-0.2, -0.15) is 0 Å². The number of nitrogens with one attached hydrogen (secondary N) is 1. The molecule has 0 spiro atoms. The predicted octanol–water partition coefficient (Wildman–Crippen LogP) is 1.31. The van der Waals surface area contributed by atoms with Gasteiger partial charge in [-0.1, -0.05) is 13.3 Å². The third-order valence-electron chi connectivity index (χ3n) is 3.65. The van der Waals surface area contributed by atoms with Crippen molar-refractivity contribution in [1.29, 1.82) is 0 Å². The molecule has 134 valence electrons. The van der Waals surface area contributed by atoms with Crippen LogP contribution in [0.4, 0.5) is 0 Å². The monoisotopic (exact) mass is 345 g/mol. The van der Waals surface area contributed by atoms with E-state index >= 15 is 0 Å². The molecule has 0 aliphatic rings. The Morgan fingerprint density at radius 1 is 1.08 bits per heavy atom. The highest BCUT2D eigenvalue weighted by atomic mass is 16.5. The van der Waals surface area contributed by atoms with Crippen LogP contribution in [0.15, 0.2) is 46.2 Å². The fourth-order valence-corrected chi connectivity index (χ4v) is 2.32. The molecule has 1 aromatic heterocycles. The van der Waals surface area contributed by atoms with Crippen LogP contribution in [0.3, 0.4) is 0 Å². The topological polar surface area (TPSA) is 82.3 Å². The molecule has 1 heterocycles. The number of aromatic nitrogens is 2. The fraction of sp³-hybridized carbons (Fsp3) is 0.389. The quantitative estimate of drug-likeness (QED) is 0.578. The first-order valence-electron chi connectivity index (χ1n) is 8.38. The van der Waals surface area contributed by atoms with Crippen molar-refractivity contribution >= 4 is 5.91 Å². The van der Waals surface area contributed by atoms with E-state index in [0.717, 1.165) is 17.4 Å². The lowest BCUT2D eigenvalue weighted by molar-refractivity contribution is -0.121. The molecule has 7 nitrogen and oxygen atoms in total. The summed E-state index contributed by atoms with van der Waals surface area (Å²) in [7, 11) is 0. The van der Waals surface area contributed by atoms with Gasteiger partial charge in [-0.15, -0.1) is 0 Å². The molecule has 1 N–H and O–H groups in total. The Morgan fingerprint density at radius 3 is 2.44 bits per heavy atom. The Morgan fingerprint density at radius 2 is 1.80 bits per heavy atom. The van der Waals surface area contributed by atoms with Crippen LogP contribution in [0.5, 0.6) is 5.75 Å². The lowest BCUT2D eigenvalue weighted by Crippen LogP contribution is -2.42. The third-order valence-corrected chi connectivity index (χ3v) is 3.65. The number of rotatable bonds is 8. The number of amides is 1. The number of unbranched alkanes of at least 4 members (excludes halogenated alkanes) is 1. The van der Waals surface area contributed by atoms with Crippen molar-refractivity contribution in [3.05, 3.63) is 57.4 Å². The zero-order valence-corrected chi connectivity index (χ0v) is 14.5. The van der Waals surface area contributed by atoms with Crippen LogP contribution < -0.4 is 21.2 Å². The van der Waals surface area contributed by atoms with E-state index in [0.29, 0.717) is 24.6 Å². The molecule has 1 aromatic carbocycles. The second-order valence-electron chi connectivity index (χ2n) is 5.54. The molecule has 1 amide bonds. The van der Waals surface area contributed by atoms with E-state index in [1.54, 1.807) is 24.3 Å². The van der Waals surface area contributed by atoms with E-state index in [-0.39, 0.29) is 12.5 Å². The van der Waals surface area contributed by atoms with Gasteiger partial charge < -0.3 is 10.1 Å². The van der Waals surface area contributed by atoms with Crippen LogP contribution in [0.25, 0.3) is 5.69 Å². The van der Waals surface area contributed by atoms with Crippen LogP contribution in [0.2, 0.25) is 0 Å². The summed E-state index contributed by atoms with van der Waals surface area (Å²) in [6, 6.07) is 6.87.